The van der Waals surface area contributed by atoms with Crippen LogP contribution in [0.15, 0.2) is 91.0 Å². The van der Waals surface area contributed by atoms with Gasteiger partial charge in [-0.25, -0.2) is 0 Å². The first-order valence-electron chi connectivity index (χ1n) is 9.72. The standard InChI is InChI=1S/C26H15NO2S/c28-27(29)22-14-13-16-7-1-2-8-17(16)25(22)21-15-24-26(19-10-4-3-9-18(19)21)20-11-5-6-12-23(20)30-24/h1-15H. The lowest BCUT2D eigenvalue weighted by Crippen LogP contribution is -1.94. The van der Waals surface area contributed by atoms with Gasteiger partial charge in [-0.15, -0.1) is 11.3 Å². The summed E-state index contributed by atoms with van der Waals surface area (Å²) in [5.41, 5.74) is 1.74. The van der Waals surface area contributed by atoms with Crippen molar-refractivity contribution in [2.24, 2.45) is 0 Å². The van der Waals surface area contributed by atoms with Crippen LogP contribution in [-0.4, -0.2) is 4.92 Å². The average Bonchev–Trinajstić information content (AvgIpc) is 3.16. The van der Waals surface area contributed by atoms with Gasteiger partial charge in [-0.05, 0) is 45.3 Å². The number of nitrogens with zero attached hydrogens (tertiary/aromatic N) is 1. The van der Waals surface area contributed by atoms with E-state index in [0.29, 0.717) is 5.56 Å². The number of hydrogen-bond acceptors (Lipinski definition) is 3. The SMILES string of the molecule is O=[N+]([O-])c1ccc2ccccc2c1-c1cc2sc3ccccc3c2c2ccccc12. The number of fused-ring (bicyclic) bond motifs is 6. The van der Waals surface area contributed by atoms with Crippen molar-refractivity contribution in [1.29, 1.82) is 0 Å². The van der Waals surface area contributed by atoms with Gasteiger partial charge in [0, 0.05) is 26.2 Å². The Kier molecular flexibility index (Phi) is 3.64. The topological polar surface area (TPSA) is 43.1 Å². The van der Waals surface area contributed by atoms with E-state index >= 15 is 0 Å². The van der Waals surface area contributed by atoms with Crippen molar-refractivity contribution in [3.05, 3.63) is 101 Å². The Balaban J connectivity index is 1.86. The van der Waals surface area contributed by atoms with E-state index in [2.05, 4.69) is 42.5 Å². The molecular formula is C26H15NO2S. The Morgan fingerprint density at radius 3 is 2.13 bits per heavy atom. The zero-order valence-corrected chi connectivity index (χ0v) is 16.6. The maximum absolute atomic E-state index is 12.0. The summed E-state index contributed by atoms with van der Waals surface area (Å²) in [6, 6.07) is 30.1. The quantitative estimate of drug-likeness (QED) is 0.217. The highest BCUT2D eigenvalue weighted by Gasteiger charge is 2.22. The fourth-order valence-corrected chi connectivity index (χ4v) is 5.65. The molecule has 0 saturated carbocycles. The maximum atomic E-state index is 12.0. The Morgan fingerprint density at radius 1 is 0.667 bits per heavy atom. The van der Waals surface area contributed by atoms with Crippen molar-refractivity contribution in [3.63, 3.8) is 0 Å². The zero-order valence-electron chi connectivity index (χ0n) is 15.8. The number of benzene rings is 5. The van der Waals surface area contributed by atoms with E-state index in [9.17, 15) is 10.1 Å². The monoisotopic (exact) mass is 405 g/mol. The lowest BCUT2D eigenvalue weighted by Gasteiger charge is -2.12. The summed E-state index contributed by atoms with van der Waals surface area (Å²) in [6.45, 7) is 0. The minimum absolute atomic E-state index is 0.138. The van der Waals surface area contributed by atoms with Gasteiger partial charge in [0.25, 0.3) is 5.69 Å². The number of nitro groups is 1. The third-order valence-electron chi connectivity index (χ3n) is 5.76. The van der Waals surface area contributed by atoms with E-state index in [-0.39, 0.29) is 10.6 Å². The van der Waals surface area contributed by atoms with Crippen molar-refractivity contribution in [3.8, 4) is 11.1 Å². The van der Waals surface area contributed by atoms with Gasteiger partial charge in [0.05, 0.1) is 10.5 Å². The molecule has 0 fully saturated rings. The summed E-state index contributed by atoms with van der Waals surface area (Å²) >= 11 is 1.74. The normalized spacial score (nSPS) is 11.6. The van der Waals surface area contributed by atoms with E-state index in [1.54, 1.807) is 17.4 Å². The molecule has 1 heterocycles. The van der Waals surface area contributed by atoms with Gasteiger partial charge in [0.2, 0.25) is 0 Å². The van der Waals surface area contributed by atoms with Crippen LogP contribution in [-0.2, 0) is 0 Å². The Bertz CT molecular complexity index is 1630. The first-order chi connectivity index (χ1) is 14.7. The van der Waals surface area contributed by atoms with Crippen LogP contribution in [0.5, 0.6) is 0 Å². The van der Waals surface area contributed by atoms with Gasteiger partial charge in [-0.1, -0.05) is 66.7 Å². The molecule has 30 heavy (non-hydrogen) atoms. The minimum atomic E-state index is -0.272. The zero-order chi connectivity index (χ0) is 20.2. The molecule has 5 aromatic carbocycles. The van der Waals surface area contributed by atoms with Crippen molar-refractivity contribution < 1.29 is 4.92 Å². The smallest absolute Gasteiger partial charge is 0.258 e. The molecule has 4 heteroatoms. The molecule has 0 aliphatic heterocycles. The summed E-state index contributed by atoms with van der Waals surface area (Å²) in [6.07, 6.45) is 0. The molecule has 142 valence electrons. The molecule has 0 radical (unpaired) electrons. The van der Waals surface area contributed by atoms with Gasteiger partial charge in [-0.3, -0.25) is 10.1 Å². The fourth-order valence-electron chi connectivity index (χ4n) is 4.49. The summed E-state index contributed by atoms with van der Waals surface area (Å²) in [4.78, 5) is 11.7. The number of nitro benzene ring substituents is 1. The highest BCUT2D eigenvalue weighted by molar-refractivity contribution is 7.26. The van der Waals surface area contributed by atoms with Crippen LogP contribution in [0.2, 0.25) is 0 Å². The summed E-state index contributed by atoms with van der Waals surface area (Å²) in [7, 11) is 0. The van der Waals surface area contributed by atoms with Crippen LogP contribution in [0.4, 0.5) is 5.69 Å². The predicted molar refractivity (Wildman–Crippen MR) is 126 cm³/mol. The first kappa shape index (κ1) is 17.1. The second-order valence-electron chi connectivity index (χ2n) is 7.38. The third kappa shape index (κ3) is 2.38. The average molecular weight is 405 g/mol. The molecule has 0 aliphatic rings. The van der Waals surface area contributed by atoms with Gasteiger partial charge < -0.3 is 0 Å². The highest BCUT2D eigenvalue weighted by atomic mass is 32.1. The number of rotatable bonds is 2. The summed E-state index contributed by atoms with van der Waals surface area (Å²) < 4.78 is 2.37. The van der Waals surface area contributed by atoms with E-state index in [4.69, 9.17) is 0 Å². The lowest BCUT2D eigenvalue weighted by atomic mass is 9.91. The number of thiophene rings is 1. The third-order valence-corrected chi connectivity index (χ3v) is 6.88. The Morgan fingerprint density at radius 2 is 1.33 bits per heavy atom. The van der Waals surface area contributed by atoms with E-state index in [1.165, 1.54) is 15.5 Å². The van der Waals surface area contributed by atoms with Crippen molar-refractivity contribution in [1.82, 2.24) is 0 Å². The van der Waals surface area contributed by atoms with Crippen molar-refractivity contribution in [2.45, 2.75) is 0 Å². The van der Waals surface area contributed by atoms with Gasteiger partial charge in [0.1, 0.15) is 0 Å². The van der Waals surface area contributed by atoms with E-state index in [1.807, 2.05) is 42.5 Å². The molecule has 6 rings (SSSR count). The van der Waals surface area contributed by atoms with Crippen LogP contribution in [0.3, 0.4) is 0 Å². The van der Waals surface area contributed by atoms with Crippen LogP contribution in [0.25, 0.3) is 52.8 Å². The number of hydrogen-bond donors (Lipinski definition) is 0. The van der Waals surface area contributed by atoms with Crippen molar-refractivity contribution in [2.75, 3.05) is 0 Å². The molecule has 0 N–H and O–H groups in total. The van der Waals surface area contributed by atoms with Crippen molar-refractivity contribution >= 4 is 58.7 Å². The van der Waals surface area contributed by atoms with Gasteiger partial charge >= 0.3 is 0 Å². The minimum Gasteiger partial charge on any atom is -0.258 e. The molecule has 1 aromatic heterocycles. The molecule has 3 nitrogen and oxygen atoms in total. The molecule has 0 aliphatic carbocycles. The van der Waals surface area contributed by atoms with E-state index < -0.39 is 0 Å². The second kappa shape index (κ2) is 6.37. The molecule has 0 atom stereocenters. The Hall–Kier alpha value is -3.76. The molecule has 0 saturated heterocycles. The molecular weight excluding hydrogens is 390 g/mol. The molecule has 0 unspecified atom stereocenters. The molecule has 6 aromatic rings. The fraction of sp³-hybridized carbons (Fsp3) is 0. The molecule has 0 bridgehead atoms. The van der Waals surface area contributed by atoms with Crippen LogP contribution in [0.1, 0.15) is 0 Å². The predicted octanol–water partition coefficient (Wildman–Crippen LogP) is 7.94. The highest BCUT2D eigenvalue weighted by Crippen LogP contribution is 2.46. The Labute approximate surface area is 176 Å². The van der Waals surface area contributed by atoms with Crippen LogP contribution in [0, 0.1) is 10.1 Å². The second-order valence-corrected chi connectivity index (χ2v) is 8.46. The lowest BCUT2D eigenvalue weighted by molar-refractivity contribution is -0.384. The molecule has 0 spiro atoms. The van der Waals surface area contributed by atoms with Gasteiger partial charge in [0.15, 0.2) is 0 Å². The largest absolute Gasteiger partial charge is 0.277 e. The maximum Gasteiger partial charge on any atom is 0.277 e. The summed E-state index contributed by atoms with van der Waals surface area (Å²) in [5, 5.41) is 18.5. The molecule has 0 amide bonds. The van der Waals surface area contributed by atoms with Crippen LogP contribution < -0.4 is 0 Å². The van der Waals surface area contributed by atoms with Gasteiger partial charge in [-0.2, -0.15) is 0 Å². The summed E-state index contributed by atoms with van der Waals surface area (Å²) in [5.74, 6) is 0. The van der Waals surface area contributed by atoms with Crippen LogP contribution >= 0.6 is 11.3 Å². The van der Waals surface area contributed by atoms with E-state index in [0.717, 1.165) is 31.8 Å². The first-order valence-corrected chi connectivity index (χ1v) is 10.5.